The van der Waals surface area contributed by atoms with E-state index in [1.807, 2.05) is 37.3 Å². The summed E-state index contributed by atoms with van der Waals surface area (Å²) in [4.78, 5) is 33.2. The molecule has 1 saturated carbocycles. The predicted octanol–water partition coefficient (Wildman–Crippen LogP) is 5.42. The Balaban J connectivity index is 1.36. The SMILES string of the molecule is C=N/C=C(\C=C(/C)c1ccc2[nH]nc(-c3nc4c(-c5cccnc5)cncc4[nH]3)c2c1)NC(=O)C1CCC1. The van der Waals surface area contributed by atoms with Crippen molar-refractivity contribution in [2.45, 2.75) is 26.2 Å². The number of aliphatic imine (C=N–C) groups is 1. The van der Waals surface area contributed by atoms with Crippen molar-refractivity contribution in [2.75, 3.05) is 0 Å². The van der Waals surface area contributed by atoms with Crippen molar-refractivity contribution in [1.29, 1.82) is 0 Å². The van der Waals surface area contributed by atoms with Crippen LogP contribution in [0.1, 0.15) is 31.7 Å². The molecule has 4 aromatic heterocycles. The molecule has 9 heteroatoms. The molecule has 0 saturated heterocycles. The Morgan fingerprint density at radius 1 is 1.16 bits per heavy atom. The van der Waals surface area contributed by atoms with Crippen LogP contribution in [0, 0.1) is 5.92 Å². The molecule has 0 spiro atoms. The number of carbonyl (C=O) groups is 1. The largest absolute Gasteiger partial charge is 0.335 e. The molecule has 4 heterocycles. The molecule has 3 N–H and O–H groups in total. The van der Waals surface area contributed by atoms with Crippen LogP contribution in [-0.4, -0.2) is 42.8 Å². The number of allylic oxidation sites excluding steroid dienone is 2. The summed E-state index contributed by atoms with van der Waals surface area (Å²) >= 11 is 0. The van der Waals surface area contributed by atoms with Gasteiger partial charge in [-0.05, 0) is 61.9 Å². The number of imidazole rings is 1. The fourth-order valence-corrected chi connectivity index (χ4v) is 4.65. The minimum atomic E-state index is 0.0350. The van der Waals surface area contributed by atoms with Crippen LogP contribution in [0.4, 0.5) is 0 Å². The van der Waals surface area contributed by atoms with Crippen molar-refractivity contribution < 1.29 is 4.79 Å². The van der Waals surface area contributed by atoms with Crippen LogP contribution in [0.3, 0.4) is 0 Å². The first-order valence-electron chi connectivity index (χ1n) is 12.5. The summed E-state index contributed by atoms with van der Waals surface area (Å²) in [5.41, 5.74) is 7.65. The zero-order valence-electron chi connectivity index (χ0n) is 20.9. The van der Waals surface area contributed by atoms with Gasteiger partial charge in [0, 0.05) is 47.2 Å². The number of carbonyl (C=O) groups excluding carboxylic acids is 1. The van der Waals surface area contributed by atoms with Gasteiger partial charge in [0.15, 0.2) is 5.82 Å². The number of aromatic nitrogens is 6. The van der Waals surface area contributed by atoms with E-state index < -0.39 is 0 Å². The lowest BCUT2D eigenvalue weighted by Gasteiger charge is -2.24. The smallest absolute Gasteiger partial charge is 0.227 e. The maximum absolute atomic E-state index is 12.5. The molecule has 1 aliphatic carbocycles. The van der Waals surface area contributed by atoms with Crippen LogP contribution < -0.4 is 5.32 Å². The van der Waals surface area contributed by atoms with E-state index in [1.165, 1.54) is 0 Å². The average molecular weight is 503 g/mol. The quantitative estimate of drug-likeness (QED) is 0.202. The Morgan fingerprint density at radius 2 is 2.05 bits per heavy atom. The number of hydrogen-bond donors (Lipinski definition) is 3. The molecule has 1 aliphatic rings. The highest BCUT2D eigenvalue weighted by atomic mass is 16.1. The van der Waals surface area contributed by atoms with E-state index in [2.05, 4.69) is 48.2 Å². The van der Waals surface area contributed by atoms with Gasteiger partial charge >= 0.3 is 0 Å². The van der Waals surface area contributed by atoms with Gasteiger partial charge in [-0.25, -0.2) is 4.98 Å². The number of hydrogen-bond acceptors (Lipinski definition) is 6. The van der Waals surface area contributed by atoms with Gasteiger partial charge in [-0.15, -0.1) is 0 Å². The van der Waals surface area contributed by atoms with Crippen molar-refractivity contribution in [3.63, 3.8) is 0 Å². The van der Waals surface area contributed by atoms with Crippen LogP contribution in [-0.2, 0) is 4.79 Å². The highest BCUT2D eigenvalue weighted by Crippen LogP contribution is 2.32. The number of benzene rings is 1. The molecular weight excluding hydrogens is 476 g/mol. The van der Waals surface area contributed by atoms with E-state index in [1.54, 1.807) is 31.0 Å². The summed E-state index contributed by atoms with van der Waals surface area (Å²) in [6.45, 7) is 5.55. The van der Waals surface area contributed by atoms with Crippen molar-refractivity contribution in [1.82, 2.24) is 35.5 Å². The maximum atomic E-state index is 12.5. The standard InChI is InChI=1S/C29H26N8O/c1-17(11-21(14-30-2)33-29(38)18-5-3-6-18)19-8-9-24-22(12-19)27(37-36-24)28-34-25-16-32-15-23(26(25)35-28)20-7-4-10-31-13-20/h4,7-16,18H,2-3,5-6H2,1H3,(H,33,38)(H,34,35)(H,36,37)/b17-11+,21-14+. The van der Waals surface area contributed by atoms with Gasteiger partial charge in [0.25, 0.3) is 0 Å². The Kier molecular flexibility index (Phi) is 6.09. The second-order valence-electron chi connectivity index (χ2n) is 9.45. The number of fused-ring (bicyclic) bond motifs is 2. The minimum absolute atomic E-state index is 0.0350. The summed E-state index contributed by atoms with van der Waals surface area (Å²) in [5.74, 6) is 0.764. The van der Waals surface area contributed by atoms with Crippen LogP contribution in [0.15, 0.2) is 78.1 Å². The van der Waals surface area contributed by atoms with Crippen molar-refractivity contribution in [3.8, 4) is 22.6 Å². The first-order valence-corrected chi connectivity index (χ1v) is 12.5. The molecule has 0 radical (unpaired) electrons. The van der Waals surface area contributed by atoms with Crippen molar-refractivity contribution in [2.24, 2.45) is 10.9 Å². The van der Waals surface area contributed by atoms with Gasteiger partial charge in [0.2, 0.25) is 5.91 Å². The van der Waals surface area contributed by atoms with Crippen LogP contribution in [0.5, 0.6) is 0 Å². The Morgan fingerprint density at radius 3 is 2.82 bits per heavy atom. The van der Waals surface area contributed by atoms with Gasteiger partial charge in [-0.3, -0.25) is 24.9 Å². The summed E-state index contributed by atoms with van der Waals surface area (Å²) < 4.78 is 0. The highest BCUT2D eigenvalue weighted by Gasteiger charge is 2.25. The van der Waals surface area contributed by atoms with Crippen molar-refractivity contribution >= 4 is 40.1 Å². The summed E-state index contributed by atoms with van der Waals surface area (Å²) in [6.07, 6.45) is 13.6. The summed E-state index contributed by atoms with van der Waals surface area (Å²) in [6, 6.07) is 9.96. The van der Waals surface area contributed by atoms with E-state index in [-0.39, 0.29) is 11.8 Å². The Hall–Kier alpha value is -4.92. The number of nitrogens with zero attached hydrogens (tertiary/aromatic N) is 5. The van der Waals surface area contributed by atoms with Gasteiger partial charge in [0.1, 0.15) is 11.2 Å². The first-order chi connectivity index (χ1) is 18.6. The first kappa shape index (κ1) is 23.5. The molecule has 1 aromatic carbocycles. The second-order valence-corrected chi connectivity index (χ2v) is 9.45. The lowest BCUT2D eigenvalue weighted by molar-refractivity contribution is -0.126. The fraction of sp³-hybridized carbons (Fsp3) is 0.172. The van der Waals surface area contributed by atoms with Crippen LogP contribution in [0.25, 0.3) is 50.2 Å². The molecule has 188 valence electrons. The number of pyridine rings is 2. The fourth-order valence-electron chi connectivity index (χ4n) is 4.65. The summed E-state index contributed by atoms with van der Waals surface area (Å²) in [7, 11) is 0. The maximum Gasteiger partial charge on any atom is 0.227 e. The Bertz CT molecular complexity index is 1720. The van der Waals surface area contributed by atoms with Crippen LogP contribution >= 0.6 is 0 Å². The molecule has 1 amide bonds. The van der Waals surface area contributed by atoms with Gasteiger partial charge in [-0.2, -0.15) is 5.10 Å². The molecule has 0 aliphatic heterocycles. The minimum Gasteiger partial charge on any atom is -0.335 e. The zero-order valence-corrected chi connectivity index (χ0v) is 20.9. The van der Waals surface area contributed by atoms with E-state index in [0.29, 0.717) is 17.2 Å². The molecule has 0 atom stereocenters. The lowest BCUT2D eigenvalue weighted by Crippen LogP contribution is -2.33. The molecular formula is C29H26N8O. The predicted molar refractivity (Wildman–Crippen MR) is 149 cm³/mol. The normalized spacial score (nSPS) is 14.6. The third-order valence-electron chi connectivity index (χ3n) is 6.96. The number of nitrogens with one attached hydrogen (secondary N) is 3. The highest BCUT2D eigenvalue weighted by molar-refractivity contribution is 5.97. The van der Waals surface area contributed by atoms with Gasteiger partial charge in [0.05, 0.1) is 22.9 Å². The van der Waals surface area contributed by atoms with Gasteiger partial charge in [-0.1, -0.05) is 18.6 Å². The Labute approximate surface area is 218 Å². The second kappa shape index (κ2) is 9.85. The third-order valence-corrected chi connectivity index (χ3v) is 6.96. The molecule has 0 unspecified atom stereocenters. The lowest BCUT2D eigenvalue weighted by atomic mass is 9.85. The molecule has 6 rings (SSSR count). The van der Waals surface area contributed by atoms with Crippen LogP contribution in [0.2, 0.25) is 0 Å². The van der Waals surface area contributed by atoms with Crippen molar-refractivity contribution in [3.05, 3.63) is 78.7 Å². The topological polar surface area (TPSA) is 125 Å². The third kappa shape index (κ3) is 4.39. The number of aromatic amines is 2. The molecule has 1 fully saturated rings. The molecule has 5 aromatic rings. The summed E-state index contributed by atoms with van der Waals surface area (Å²) in [5, 5.41) is 11.6. The van der Waals surface area contributed by atoms with E-state index in [0.717, 1.165) is 63.5 Å². The van der Waals surface area contributed by atoms with Gasteiger partial charge < -0.3 is 10.3 Å². The molecule has 0 bridgehead atoms. The average Bonchev–Trinajstić information content (AvgIpc) is 3.51. The van der Waals surface area contributed by atoms with E-state index >= 15 is 0 Å². The van der Waals surface area contributed by atoms with E-state index in [9.17, 15) is 4.79 Å². The zero-order chi connectivity index (χ0) is 26.1. The molecule has 9 nitrogen and oxygen atoms in total. The molecule has 38 heavy (non-hydrogen) atoms. The van der Waals surface area contributed by atoms with E-state index in [4.69, 9.17) is 4.98 Å². The number of rotatable bonds is 7. The monoisotopic (exact) mass is 502 g/mol. The number of H-pyrrole nitrogens is 2. The number of amides is 1.